The number of nitrogens with zero attached hydrogens (tertiary/aromatic N) is 2. The van der Waals surface area contributed by atoms with E-state index < -0.39 is 0 Å². The lowest BCUT2D eigenvalue weighted by molar-refractivity contribution is 0.0762. The van der Waals surface area contributed by atoms with Gasteiger partial charge in [0, 0.05) is 23.4 Å². The number of aromatic nitrogens is 1. The Morgan fingerprint density at radius 1 is 1.10 bits per heavy atom. The van der Waals surface area contributed by atoms with Crippen molar-refractivity contribution >= 4 is 16.7 Å². The molecule has 2 aliphatic rings. The summed E-state index contributed by atoms with van der Waals surface area (Å²) in [7, 11) is 2.21. The van der Waals surface area contributed by atoms with Crippen molar-refractivity contribution in [3.63, 3.8) is 0 Å². The molecule has 108 valence electrons. The average molecular weight is 280 g/mol. The molecule has 21 heavy (non-hydrogen) atoms. The van der Waals surface area contributed by atoms with Crippen LogP contribution in [0.2, 0.25) is 0 Å². The number of hydrogen-bond donors (Lipinski definition) is 0. The first-order chi connectivity index (χ1) is 10.2. The molecule has 0 saturated carbocycles. The van der Waals surface area contributed by atoms with Gasteiger partial charge in [-0.2, -0.15) is 0 Å². The van der Waals surface area contributed by atoms with Gasteiger partial charge in [0.05, 0.1) is 5.52 Å². The Labute approximate surface area is 125 Å². The number of pyridine rings is 1. The summed E-state index contributed by atoms with van der Waals surface area (Å²) < 4.78 is 0. The lowest BCUT2D eigenvalue weighted by Gasteiger charge is -2.35. The van der Waals surface area contributed by atoms with Crippen LogP contribution in [0.1, 0.15) is 36.2 Å². The van der Waals surface area contributed by atoms with E-state index in [1.807, 2.05) is 36.4 Å². The molecule has 3 nitrogen and oxygen atoms in total. The molecular formula is C18H20N2O. The smallest absolute Gasteiger partial charge is 0.184 e. The third-order valence-corrected chi connectivity index (χ3v) is 5.32. The van der Waals surface area contributed by atoms with Crippen LogP contribution in [-0.2, 0) is 0 Å². The third kappa shape index (κ3) is 2.16. The van der Waals surface area contributed by atoms with Gasteiger partial charge in [0.1, 0.15) is 5.69 Å². The fraction of sp³-hybridized carbons (Fsp3) is 0.444. The minimum absolute atomic E-state index is 0.160. The van der Waals surface area contributed by atoms with E-state index in [0.29, 0.717) is 17.8 Å². The Hall–Kier alpha value is -1.74. The van der Waals surface area contributed by atoms with Gasteiger partial charge in [-0.1, -0.05) is 24.3 Å². The second kappa shape index (κ2) is 4.92. The standard InChI is InChI=1S/C18H20N2O/c1-20-14-7-8-15(20)11-13(10-14)18(21)17-9-6-12-4-2-3-5-16(12)19-17/h2-6,9,13-15H,7-8,10-11H2,1H3. The van der Waals surface area contributed by atoms with Gasteiger partial charge in [0.25, 0.3) is 0 Å². The van der Waals surface area contributed by atoms with Crippen LogP contribution in [0.5, 0.6) is 0 Å². The summed E-state index contributed by atoms with van der Waals surface area (Å²) in [6.07, 6.45) is 4.49. The maximum absolute atomic E-state index is 12.8. The molecule has 0 radical (unpaired) electrons. The molecule has 2 bridgehead atoms. The third-order valence-electron chi connectivity index (χ3n) is 5.32. The van der Waals surface area contributed by atoms with Crippen molar-refractivity contribution in [1.82, 2.24) is 9.88 Å². The van der Waals surface area contributed by atoms with Crippen molar-refractivity contribution in [3.8, 4) is 0 Å². The fourth-order valence-electron chi connectivity index (χ4n) is 4.04. The summed E-state index contributed by atoms with van der Waals surface area (Å²) in [4.78, 5) is 19.8. The van der Waals surface area contributed by atoms with Crippen molar-refractivity contribution in [2.75, 3.05) is 7.05 Å². The molecule has 0 N–H and O–H groups in total. The highest BCUT2D eigenvalue weighted by Gasteiger charge is 2.41. The molecule has 3 heteroatoms. The highest BCUT2D eigenvalue weighted by Crippen LogP contribution is 2.38. The monoisotopic (exact) mass is 280 g/mol. The second-order valence-electron chi connectivity index (χ2n) is 6.47. The number of hydrogen-bond acceptors (Lipinski definition) is 3. The maximum Gasteiger partial charge on any atom is 0.184 e. The SMILES string of the molecule is CN1C2CCC1CC(C(=O)c1ccc3ccccc3n1)C2. The van der Waals surface area contributed by atoms with Crippen molar-refractivity contribution in [2.24, 2.45) is 5.92 Å². The molecule has 0 spiro atoms. The normalized spacial score (nSPS) is 28.9. The zero-order valence-electron chi connectivity index (χ0n) is 12.3. The van der Waals surface area contributed by atoms with Crippen LogP contribution in [0.25, 0.3) is 10.9 Å². The molecule has 0 amide bonds. The molecule has 2 fully saturated rings. The van der Waals surface area contributed by atoms with E-state index in [0.717, 1.165) is 23.7 Å². The molecule has 0 aliphatic carbocycles. The van der Waals surface area contributed by atoms with Crippen molar-refractivity contribution < 1.29 is 4.79 Å². The number of rotatable bonds is 2. The van der Waals surface area contributed by atoms with E-state index in [1.54, 1.807) is 0 Å². The Morgan fingerprint density at radius 3 is 2.57 bits per heavy atom. The largest absolute Gasteiger partial charge is 0.300 e. The van der Waals surface area contributed by atoms with Crippen LogP contribution in [0, 0.1) is 5.92 Å². The highest BCUT2D eigenvalue weighted by molar-refractivity contribution is 5.98. The zero-order valence-corrected chi connectivity index (χ0v) is 12.3. The van der Waals surface area contributed by atoms with E-state index in [1.165, 1.54) is 12.8 Å². The van der Waals surface area contributed by atoms with Crippen LogP contribution in [0.15, 0.2) is 36.4 Å². The Morgan fingerprint density at radius 2 is 1.81 bits per heavy atom. The first-order valence-corrected chi connectivity index (χ1v) is 7.84. The van der Waals surface area contributed by atoms with Gasteiger partial charge in [-0.05, 0) is 44.9 Å². The van der Waals surface area contributed by atoms with E-state index in [4.69, 9.17) is 0 Å². The molecule has 2 unspecified atom stereocenters. The number of benzene rings is 1. The lowest BCUT2D eigenvalue weighted by Crippen LogP contribution is -2.42. The molecular weight excluding hydrogens is 260 g/mol. The van der Waals surface area contributed by atoms with Crippen LogP contribution >= 0.6 is 0 Å². The van der Waals surface area contributed by atoms with Crippen LogP contribution < -0.4 is 0 Å². The molecule has 1 aromatic carbocycles. The van der Waals surface area contributed by atoms with E-state index in [9.17, 15) is 4.79 Å². The van der Waals surface area contributed by atoms with Gasteiger partial charge in [-0.3, -0.25) is 4.79 Å². The molecule has 2 atom stereocenters. The zero-order chi connectivity index (χ0) is 14.4. The number of Topliss-reactive ketones (excluding diaryl/α,β-unsaturated/α-hetero) is 1. The summed E-state index contributed by atoms with van der Waals surface area (Å²) in [6.45, 7) is 0. The summed E-state index contributed by atoms with van der Waals surface area (Å²) in [6, 6.07) is 13.1. The molecule has 2 aliphatic heterocycles. The average Bonchev–Trinajstić information content (AvgIpc) is 2.75. The minimum Gasteiger partial charge on any atom is -0.300 e. The molecule has 1 aromatic heterocycles. The van der Waals surface area contributed by atoms with Crippen molar-refractivity contribution in [2.45, 2.75) is 37.8 Å². The van der Waals surface area contributed by atoms with Gasteiger partial charge >= 0.3 is 0 Å². The minimum atomic E-state index is 0.160. The summed E-state index contributed by atoms with van der Waals surface area (Å²) in [5.74, 6) is 0.401. The van der Waals surface area contributed by atoms with Gasteiger partial charge < -0.3 is 4.90 Å². The molecule has 3 heterocycles. The van der Waals surface area contributed by atoms with Gasteiger partial charge in [-0.15, -0.1) is 0 Å². The first kappa shape index (κ1) is 13.0. The number of fused-ring (bicyclic) bond motifs is 3. The van der Waals surface area contributed by atoms with Crippen LogP contribution in [-0.4, -0.2) is 34.8 Å². The van der Waals surface area contributed by atoms with Crippen LogP contribution in [0.3, 0.4) is 0 Å². The predicted octanol–water partition coefficient (Wildman–Crippen LogP) is 3.29. The summed E-state index contributed by atoms with van der Waals surface area (Å²) in [5.41, 5.74) is 1.56. The van der Waals surface area contributed by atoms with Crippen molar-refractivity contribution in [3.05, 3.63) is 42.1 Å². The van der Waals surface area contributed by atoms with Crippen molar-refractivity contribution in [1.29, 1.82) is 0 Å². The van der Waals surface area contributed by atoms with E-state index >= 15 is 0 Å². The number of piperidine rings is 1. The second-order valence-corrected chi connectivity index (χ2v) is 6.47. The Kier molecular flexibility index (Phi) is 3.03. The first-order valence-electron chi connectivity index (χ1n) is 7.84. The molecule has 2 saturated heterocycles. The highest BCUT2D eigenvalue weighted by atomic mass is 16.1. The van der Waals surface area contributed by atoms with E-state index in [-0.39, 0.29) is 11.7 Å². The number of ketones is 1. The molecule has 4 rings (SSSR count). The summed E-state index contributed by atoms with van der Waals surface area (Å²) in [5, 5.41) is 1.09. The predicted molar refractivity (Wildman–Crippen MR) is 83.4 cm³/mol. The number of carbonyl (C=O) groups is 1. The fourth-order valence-corrected chi connectivity index (χ4v) is 4.04. The summed E-state index contributed by atoms with van der Waals surface area (Å²) >= 11 is 0. The maximum atomic E-state index is 12.8. The Balaban J connectivity index is 1.61. The van der Waals surface area contributed by atoms with Gasteiger partial charge in [0.2, 0.25) is 0 Å². The number of carbonyl (C=O) groups excluding carboxylic acids is 1. The lowest BCUT2D eigenvalue weighted by atomic mass is 9.86. The molecule has 2 aromatic rings. The van der Waals surface area contributed by atoms with Gasteiger partial charge in [-0.25, -0.2) is 4.98 Å². The number of para-hydroxylation sites is 1. The van der Waals surface area contributed by atoms with E-state index in [2.05, 4.69) is 16.9 Å². The van der Waals surface area contributed by atoms with Gasteiger partial charge in [0.15, 0.2) is 5.78 Å². The Bertz CT molecular complexity index is 682. The topological polar surface area (TPSA) is 33.2 Å². The van der Waals surface area contributed by atoms with Crippen LogP contribution in [0.4, 0.5) is 0 Å². The quantitative estimate of drug-likeness (QED) is 0.791.